The largest absolute Gasteiger partial charge is 0.325 e. The van der Waals surface area contributed by atoms with E-state index in [0.717, 1.165) is 33.8 Å². The summed E-state index contributed by atoms with van der Waals surface area (Å²) in [6.07, 6.45) is 2.18. The lowest BCUT2D eigenvalue weighted by atomic mass is 10.0. The summed E-state index contributed by atoms with van der Waals surface area (Å²) in [5.41, 5.74) is 6.33. The van der Waals surface area contributed by atoms with E-state index in [2.05, 4.69) is 53.2 Å². The number of allylic oxidation sites excluding steroid dienone is 1. The molecular formula is C23H18FN3. The van der Waals surface area contributed by atoms with Crippen molar-refractivity contribution in [2.45, 2.75) is 13.0 Å². The smallest absolute Gasteiger partial charge is 0.209 e. The molecule has 4 aromatic rings. The van der Waals surface area contributed by atoms with Gasteiger partial charge in [-0.1, -0.05) is 54.1 Å². The number of halogens is 1. The van der Waals surface area contributed by atoms with E-state index in [9.17, 15) is 4.39 Å². The van der Waals surface area contributed by atoms with Gasteiger partial charge < -0.3 is 5.32 Å². The average Bonchev–Trinajstić information content (AvgIpc) is 3.07. The molecule has 3 aromatic carbocycles. The first kappa shape index (κ1) is 15.8. The molecule has 1 aliphatic heterocycles. The molecule has 132 valence electrons. The van der Waals surface area contributed by atoms with Crippen LogP contribution >= 0.6 is 0 Å². The van der Waals surface area contributed by atoms with Crippen molar-refractivity contribution in [3.05, 3.63) is 101 Å². The number of para-hydroxylation sites is 2. The van der Waals surface area contributed by atoms with Crippen molar-refractivity contribution in [2.24, 2.45) is 0 Å². The van der Waals surface area contributed by atoms with Crippen LogP contribution in [0.25, 0.3) is 16.7 Å². The Bertz CT molecular complexity index is 1150. The maximum Gasteiger partial charge on any atom is 0.209 e. The average molecular weight is 355 g/mol. The Morgan fingerprint density at radius 2 is 1.67 bits per heavy atom. The van der Waals surface area contributed by atoms with Crippen LogP contribution in [0.5, 0.6) is 0 Å². The topological polar surface area (TPSA) is 29.9 Å². The van der Waals surface area contributed by atoms with Crippen LogP contribution in [0.4, 0.5) is 10.3 Å². The summed E-state index contributed by atoms with van der Waals surface area (Å²) in [5, 5.41) is 3.47. The minimum atomic E-state index is -0.230. The van der Waals surface area contributed by atoms with Crippen LogP contribution in [-0.4, -0.2) is 9.55 Å². The number of hydrogen-bond donors (Lipinski definition) is 1. The second kappa shape index (κ2) is 6.09. The van der Waals surface area contributed by atoms with Gasteiger partial charge in [-0.3, -0.25) is 4.57 Å². The molecule has 0 saturated carbocycles. The van der Waals surface area contributed by atoms with E-state index >= 15 is 0 Å². The summed E-state index contributed by atoms with van der Waals surface area (Å²) in [5.74, 6) is 0.565. The van der Waals surface area contributed by atoms with Crippen LogP contribution < -0.4 is 5.32 Å². The highest BCUT2D eigenvalue weighted by Gasteiger charge is 2.25. The number of hydrogen-bond acceptors (Lipinski definition) is 2. The number of imidazole rings is 1. The Kier molecular flexibility index (Phi) is 3.57. The number of aromatic nitrogens is 2. The van der Waals surface area contributed by atoms with E-state index in [1.165, 1.54) is 17.7 Å². The van der Waals surface area contributed by atoms with Crippen LogP contribution in [0, 0.1) is 12.7 Å². The highest BCUT2D eigenvalue weighted by molar-refractivity contribution is 5.85. The van der Waals surface area contributed by atoms with E-state index in [-0.39, 0.29) is 11.9 Å². The number of benzene rings is 3. The molecule has 0 saturated heterocycles. The molecule has 1 aromatic heterocycles. The Balaban J connectivity index is 1.71. The summed E-state index contributed by atoms with van der Waals surface area (Å²) < 4.78 is 15.6. The van der Waals surface area contributed by atoms with Gasteiger partial charge in [0.25, 0.3) is 0 Å². The highest BCUT2D eigenvalue weighted by Crippen LogP contribution is 2.36. The van der Waals surface area contributed by atoms with Gasteiger partial charge in [0.2, 0.25) is 5.95 Å². The number of anilines is 1. The molecule has 3 nitrogen and oxygen atoms in total. The van der Waals surface area contributed by atoms with E-state index in [4.69, 9.17) is 4.98 Å². The Labute approximate surface area is 156 Å². The Hall–Kier alpha value is -3.40. The van der Waals surface area contributed by atoms with Crippen molar-refractivity contribution in [1.29, 1.82) is 0 Å². The second-order valence-corrected chi connectivity index (χ2v) is 6.86. The Morgan fingerprint density at radius 3 is 2.44 bits per heavy atom. The molecule has 2 heterocycles. The van der Waals surface area contributed by atoms with E-state index < -0.39 is 0 Å². The second-order valence-electron chi connectivity index (χ2n) is 6.86. The molecule has 0 radical (unpaired) electrons. The standard InChI is InChI=1S/C23H18FN3/c1-15-6-8-16(9-7-15)20-14-22(17-10-12-18(24)13-11-17)27-21-5-3-2-4-19(21)25-23(27)26-20/h2-14,22H,1H3,(H,25,26)/t22-/m1/s1. The van der Waals surface area contributed by atoms with Crippen molar-refractivity contribution in [3.8, 4) is 0 Å². The van der Waals surface area contributed by atoms with Crippen LogP contribution in [0.15, 0.2) is 78.9 Å². The van der Waals surface area contributed by atoms with E-state index in [1.807, 2.05) is 30.3 Å². The van der Waals surface area contributed by atoms with Crippen molar-refractivity contribution >= 4 is 22.7 Å². The predicted molar refractivity (Wildman–Crippen MR) is 107 cm³/mol. The maximum absolute atomic E-state index is 13.5. The van der Waals surface area contributed by atoms with Crippen molar-refractivity contribution < 1.29 is 4.39 Å². The monoisotopic (exact) mass is 355 g/mol. The first-order valence-electron chi connectivity index (χ1n) is 8.97. The third kappa shape index (κ3) is 2.70. The summed E-state index contributed by atoms with van der Waals surface area (Å²) in [6.45, 7) is 2.08. The fourth-order valence-electron chi connectivity index (χ4n) is 3.62. The van der Waals surface area contributed by atoms with Gasteiger partial charge in [-0.2, -0.15) is 0 Å². The minimum absolute atomic E-state index is 0.0643. The van der Waals surface area contributed by atoms with Crippen LogP contribution in [0.1, 0.15) is 22.7 Å². The first-order valence-corrected chi connectivity index (χ1v) is 8.97. The number of nitrogens with one attached hydrogen (secondary N) is 1. The van der Waals surface area contributed by atoms with Gasteiger partial charge in [-0.05, 0) is 48.4 Å². The molecule has 0 aliphatic carbocycles. The molecule has 0 amide bonds. The number of nitrogens with zero attached hydrogens (tertiary/aromatic N) is 2. The molecule has 1 atom stereocenters. The fourth-order valence-corrected chi connectivity index (χ4v) is 3.62. The first-order chi connectivity index (χ1) is 13.2. The quantitative estimate of drug-likeness (QED) is 0.512. The third-order valence-electron chi connectivity index (χ3n) is 5.02. The van der Waals surface area contributed by atoms with Gasteiger partial charge in [0, 0.05) is 5.70 Å². The maximum atomic E-state index is 13.5. The highest BCUT2D eigenvalue weighted by atomic mass is 19.1. The molecular weight excluding hydrogens is 337 g/mol. The number of fused-ring (bicyclic) bond motifs is 3. The van der Waals surface area contributed by atoms with Crippen LogP contribution in [-0.2, 0) is 0 Å². The van der Waals surface area contributed by atoms with Gasteiger partial charge in [0.15, 0.2) is 0 Å². The molecule has 4 heteroatoms. The zero-order valence-electron chi connectivity index (χ0n) is 14.9. The van der Waals surface area contributed by atoms with Gasteiger partial charge >= 0.3 is 0 Å². The molecule has 27 heavy (non-hydrogen) atoms. The lowest BCUT2D eigenvalue weighted by molar-refractivity contribution is 0.624. The normalized spacial score (nSPS) is 15.9. The molecule has 0 spiro atoms. The zero-order chi connectivity index (χ0) is 18.4. The number of rotatable bonds is 2. The molecule has 1 aliphatic rings. The molecule has 5 rings (SSSR count). The molecule has 0 fully saturated rings. The summed E-state index contributed by atoms with van der Waals surface area (Å²) in [6, 6.07) is 23.1. The van der Waals surface area contributed by atoms with Crippen molar-refractivity contribution in [3.63, 3.8) is 0 Å². The Morgan fingerprint density at radius 1 is 0.926 bits per heavy atom. The summed E-state index contributed by atoms with van der Waals surface area (Å²) in [4.78, 5) is 4.78. The van der Waals surface area contributed by atoms with Gasteiger partial charge in [-0.15, -0.1) is 0 Å². The molecule has 1 N–H and O–H groups in total. The van der Waals surface area contributed by atoms with E-state index in [1.54, 1.807) is 0 Å². The fraction of sp³-hybridized carbons (Fsp3) is 0.0870. The van der Waals surface area contributed by atoms with Gasteiger partial charge in [0.05, 0.1) is 17.1 Å². The van der Waals surface area contributed by atoms with Crippen LogP contribution in [0.2, 0.25) is 0 Å². The SMILES string of the molecule is Cc1ccc(C2=C[C@H](c3ccc(F)cc3)n3c(nc4ccccc43)N2)cc1. The predicted octanol–water partition coefficient (Wildman–Crippen LogP) is 5.54. The van der Waals surface area contributed by atoms with Gasteiger partial charge in [-0.25, -0.2) is 9.37 Å². The molecule has 0 bridgehead atoms. The van der Waals surface area contributed by atoms with Crippen molar-refractivity contribution in [1.82, 2.24) is 9.55 Å². The van der Waals surface area contributed by atoms with Crippen molar-refractivity contribution in [2.75, 3.05) is 5.32 Å². The van der Waals surface area contributed by atoms with Gasteiger partial charge in [0.1, 0.15) is 5.82 Å². The minimum Gasteiger partial charge on any atom is -0.325 e. The number of aryl methyl sites for hydroxylation is 1. The molecule has 0 unspecified atom stereocenters. The lowest BCUT2D eigenvalue weighted by Gasteiger charge is -2.26. The summed E-state index contributed by atoms with van der Waals surface area (Å²) >= 11 is 0. The third-order valence-corrected chi connectivity index (χ3v) is 5.02. The van der Waals surface area contributed by atoms with Crippen LogP contribution in [0.3, 0.4) is 0 Å². The summed E-state index contributed by atoms with van der Waals surface area (Å²) in [7, 11) is 0. The lowest BCUT2D eigenvalue weighted by Crippen LogP contribution is -2.19. The van der Waals surface area contributed by atoms with E-state index in [0.29, 0.717) is 0 Å². The zero-order valence-corrected chi connectivity index (χ0v) is 14.9.